The van der Waals surface area contributed by atoms with Crippen LogP contribution in [0.25, 0.3) is 0 Å². The van der Waals surface area contributed by atoms with Gasteiger partial charge in [0.25, 0.3) is 0 Å². The quantitative estimate of drug-likeness (QED) is 0.683. The van der Waals surface area contributed by atoms with Gasteiger partial charge in [0.2, 0.25) is 5.90 Å². The Balaban J connectivity index is 1.99. The minimum Gasteiger partial charge on any atom is -0.472 e. The van der Waals surface area contributed by atoms with E-state index in [-0.39, 0.29) is 23.6 Å². The van der Waals surface area contributed by atoms with Crippen LogP contribution in [0, 0.1) is 15.2 Å². The number of ether oxygens (including phenoxy) is 1. The summed E-state index contributed by atoms with van der Waals surface area (Å²) in [5, 5.41) is 0. The maximum absolute atomic E-state index is 13.8. The van der Waals surface area contributed by atoms with Crippen molar-refractivity contribution < 1.29 is 13.5 Å². The van der Waals surface area contributed by atoms with Crippen molar-refractivity contribution in [3.05, 3.63) is 68.8 Å². The van der Waals surface area contributed by atoms with Gasteiger partial charge in [0, 0.05) is 3.57 Å². The van der Waals surface area contributed by atoms with Gasteiger partial charge in [-0.25, -0.2) is 13.8 Å². The van der Waals surface area contributed by atoms with E-state index < -0.39 is 11.6 Å². The average Bonchev–Trinajstić information content (AvgIpc) is 2.81. The second-order valence-electron chi connectivity index (χ2n) is 4.85. The highest BCUT2D eigenvalue weighted by Gasteiger charge is 2.31. The third-order valence-corrected chi connectivity index (χ3v) is 4.11. The maximum atomic E-state index is 13.8. The molecule has 0 aromatic heterocycles. The SMILES string of the molecule is C[C@H]1OC(c2c(F)cccc2F)=N[C@H]1c1ccc(I)cc1. The highest BCUT2D eigenvalue weighted by molar-refractivity contribution is 14.1. The number of nitrogens with zero attached hydrogens (tertiary/aromatic N) is 1. The predicted octanol–water partition coefficient (Wildman–Crippen LogP) is 4.48. The van der Waals surface area contributed by atoms with E-state index in [2.05, 4.69) is 27.6 Å². The molecule has 5 heteroatoms. The Bertz CT molecular complexity index is 680. The lowest BCUT2D eigenvalue weighted by atomic mass is 10.0. The van der Waals surface area contributed by atoms with Crippen LogP contribution in [0.5, 0.6) is 0 Å². The molecule has 2 aromatic rings. The summed E-state index contributed by atoms with van der Waals surface area (Å²) in [6, 6.07) is 11.3. The molecular weight excluding hydrogens is 387 g/mol. The molecular formula is C16H12F2INO. The van der Waals surface area contributed by atoms with Crippen LogP contribution in [0.3, 0.4) is 0 Å². The zero-order valence-electron chi connectivity index (χ0n) is 11.2. The van der Waals surface area contributed by atoms with Gasteiger partial charge in [0.15, 0.2) is 0 Å². The summed E-state index contributed by atoms with van der Waals surface area (Å²) in [7, 11) is 0. The van der Waals surface area contributed by atoms with Crippen LogP contribution in [0.2, 0.25) is 0 Å². The fraction of sp³-hybridized carbons (Fsp3) is 0.188. The number of halogens is 3. The normalized spacial score (nSPS) is 21.0. The number of aliphatic imine (C=N–C) groups is 1. The first-order chi connectivity index (χ1) is 10.1. The molecule has 0 N–H and O–H groups in total. The topological polar surface area (TPSA) is 21.6 Å². The number of rotatable bonds is 2. The number of hydrogen-bond donors (Lipinski definition) is 0. The first kappa shape index (κ1) is 14.4. The van der Waals surface area contributed by atoms with Crippen LogP contribution in [0.4, 0.5) is 8.78 Å². The van der Waals surface area contributed by atoms with Crippen molar-refractivity contribution in [3.8, 4) is 0 Å². The molecule has 21 heavy (non-hydrogen) atoms. The molecule has 0 fully saturated rings. The summed E-state index contributed by atoms with van der Waals surface area (Å²) in [4.78, 5) is 4.37. The van der Waals surface area contributed by atoms with Crippen LogP contribution in [-0.2, 0) is 4.74 Å². The van der Waals surface area contributed by atoms with Gasteiger partial charge in [-0.15, -0.1) is 0 Å². The van der Waals surface area contributed by atoms with Crippen LogP contribution >= 0.6 is 22.6 Å². The largest absolute Gasteiger partial charge is 0.472 e. The smallest absolute Gasteiger partial charge is 0.223 e. The molecule has 1 heterocycles. The predicted molar refractivity (Wildman–Crippen MR) is 85.3 cm³/mol. The molecule has 1 aliphatic rings. The first-order valence-electron chi connectivity index (χ1n) is 6.50. The molecule has 1 aliphatic heterocycles. The van der Waals surface area contributed by atoms with E-state index in [0.29, 0.717) is 0 Å². The molecule has 0 unspecified atom stereocenters. The molecule has 0 amide bonds. The standard InChI is InChI=1S/C16H12F2INO/c1-9-15(10-5-7-11(19)8-6-10)20-16(21-9)14-12(17)3-2-4-13(14)18/h2-9,15H,1H3/t9-,15-/m1/s1. The maximum Gasteiger partial charge on any atom is 0.223 e. The van der Waals surface area contributed by atoms with E-state index in [1.54, 1.807) is 0 Å². The van der Waals surface area contributed by atoms with Crippen LogP contribution in [-0.4, -0.2) is 12.0 Å². The Labute approximate surface area is 135 Å². The van der Waals surface area contributed by atoms with Gasteiger partial charge in [0.05, 0.1) is 0 Å². The highest BCUT2D eigenvalue weighted by Crippen LogP contribution is 2.32. The second-order valence-corrected chi connectivity index (χ2v) is 6.10. The fourth-order valence-electron chi connectivity index (χ4n) is 2.33. The summed E-state index contributed by atoms with van der Waals surface area (Å²) in [5.41, 5.74) is 0.770. The van der Waals surface area contributed by atoms with Crippen LogP contribution in [0.1, 0.15) is 24.1 Å². The van der Waals surface area contributed by atoms with Crippen molar-refractivity contribution in [2.75, 3.05) is 0 Å². The van der Waals surface area contributed by atoms with E-state index in [1.807, 2.05) is 31.2 Å². The van der Waals surface area contributed by atoms with Gasteiger partial charge >= 0.3 is 0 Å². The summed E-state index contributed by atoms with van der Waals surface area (Å²) in [6.07, 6.45) is -0.265. The van der Waals surface area contributed by atoms with E-state index in [1.165, 1.54) is 18.2 Å². The number of benzene rings is 2. The molecule has 3 rings (SSSR count). The van der Waals surface area contributed by atoms with Gasteiger partial charge in [-0.2, -0.15) is 0 Å². The average molecular weight is 399 g/mol. The Morgan fingerprint density at radius 3 is 2.29 bits per heavy atom. The molecule has 108 valence electrons. The summed E-state index contributed by atoms with van der Waals surface area (Å²) in [6.45, 7) is 1.85. The lowest BCUT2D eigenvalue weighted by molar-refractivity contribution is 0.213. The summed E-state index contributed by atoms with van der Waals surface area (Å²) >= 11 is 2.22. The monoisotopic (exact) mass is 399 g/mol. The van der Waals surface area contributed by atoms with Crippen molar-refractivity contribution in [3.63, 3.8) is 0 Å². The van der Waals surface area contributed by atoms with Crippen molar-refractivity contribution in [1.29, 1.82) is 0 Å². The molecule has 0 saturated heterocycles. The molecule has 2 nitrogen and oxygen atoms in total. The van der Waals surface area contributed by atoms with Crippen molar-refractivity contribution in [1.82, 2.24) is 0 Å². The first-order valence-corrected chi connectivity index (χ1v) is 7.58. The minimum absolute atomic E-state index is 0.0293. The molecule has 0 aliphatic carbocycles. The Hall–Kier alpha value is -1.50. The van der Waals surface area contributed by atoms with Gasteiger partial charge in [0.1, 0.15) is 29.3 Å². The lowest BCUT2D eigenvalue weighted by Gasteiger charge is -2.13. The molecule has 0 bridgehead atoms. The van der Waals surface area contributed by atoms with Crippen LogP contribution < -0.4 is 0 Å². The van der Waals surface area contributed by atoms with Crippen molar-refractivity contribution in [2.45, 2.75) is 19.1 Å². The second kappa shape index (κ2) is 5.71. The van der Waals surface area contributed by atoms with Crippen molar-refractivity contribution in [2.24, 2.45) is 4.99 Å². The minimum atomic E-state index is -0.663. The van der Waals surface area contributed by atoms with Gasteiger partial charge < -0.3 is 4.74 Å². The van der Waals surface area contributed by atoms with E-state index >= 15 is 0 Å². The van der Waals surface area contributed by atoms with E-state index in [0.717, 1.165) is 9.13 Å². The Morgan fingerprint density at radius 2 is 1.67 bits per heavy atom. The molecule has 2 atom stereocenters. The lowest BCUT2D eigenvalue weighted by Crippen LogP contribution is -2.14. The third kappa shape index (κ3) is 2.79. The zero-order valence-corrected chi connectivity index (χ0v) is 13.3. The van der Waals surface area contributed by atoms with Crippen molar-refractivity contribution >= 4 is 28.5 Å². The number of hydrogen-bond acceptors (Lipinski definition) is 2. The molecule has 2 aromatic carbocycles. The van der Waals surface area contributed by atoms with E-state index in [9.17, 15) is 8.78 Å². The third-order valence-electron chi connectivity index (χ3n) is 3.39. The van der Waals surface area contributed by atoms with Gasteiger partial charge in [-0.3, -0.25) is 0 Å². The van der Waals surface area contributed by atoms with Gasteiger partial charge in [-0.1, -0.05) is 18.2 Å². The van der Waals surface area contributed by atoms with Gasteiger partial charge in [-0.05, 0) is 59.3 Å². The fourth-order valence-corrected chi connectivity index (χ4v) is 2.69. The Morgan fingerprint density at radius 1 is 1.05 bits per heavy atom. The highest BCUT2D eigenvalue weighted by atomic mass is 127. The Kier molecular flexibility index (Phi) is 3.93. The van der Waals surface area contributed by atoms with E-state index in [4.69, 9.17) is 4.74 Å². The molecule has 0 spiro atoms. The molecule has 0 saturated carbocycles. The summed E-state index contributed by atoms with van der Waals surface area (Å²) in [5.74, 6) is -1.30. The summed E-state index contributed by atoms with van der Waals surface area (Å²) < 4.78 is 34.3. The zero-order chi connectivity index (χ0) is 15.0. The van der Waals surface area contributed by atoms with Crippen LogP contribution in [0.15, 0.2) is 47.5 Å². The molecule has 0 radical (unpaired) electrons.